The number of thiocarbonyl (C=S) groups is 1. The molecule has 0 bridgehead atoms. The van der Waals surface area contributed by atoms with E-state index in [0.29, 0.717) is 16.3 Å². The highest BCUT2D eigenvalue weighted by atomic mass is 35.5. The predicted molar refractivity (Wildman–Crippen MR) is 109 cm³/mol. The smallest absolute Gasteiger partial charge is 0.396 e. The van der Waals surface area contributed by atoms with Crippen molar-refractivity contribution in [1.29, 1.82) is 0 Å². The first-order valence-electron chi connectivity index (χ1n) is 8.14. The van der Waals surface area contributed by atoms with Crippen LogP contribution in [0, 0.1) is 0 Å². The standard InChI is InChI=1S/C16H12ClF3N6O.CH3NS/c17-12-5-7-13(8-6-12)21-22-14(27)9-26-24-15(23-25-26)10-1-3-11(4-2-10)16(18,19)20;2-1-3/h1-8,21H,9H2,(H,22,27);1H,(H2,2,3). The molecular weight excluding hydrogens is 443 g/mol. The molecule has 1 heterocycles. The highest BCUT2D eigenvalue weighted by Gasteiger charge is 2.30. The fourth-order valence-electron chi connectivity index (χ4n) is 2.08. The number of carbonyl (C=O) groups excluding carboxylic acids is 1. The van der Waals surface area contributed by atoms with Gasteiger partial charge in [-0.2, -0.15) is 18.0 Å². The fourth-order valence-corrected chi connectivity index (χ4v) is 2.20. The average Bonchev–Trinajstić information content (AvgIpc) is 3.16. The van der Waals surface area contributed by atoms with Crippen molar-refractivity contribution < 1.29 is 18.0 Å². The summed E-state index contributed by atoms with van der Waals surface area (Å²) in [4.78, 5) is 12.9. The molecule has 158 valence electrons. The second-order valence-electron chi connectivity index (χ2n) is 5.53. The molecule has 0 saturated carbocycles. The Hall–Kier alpha value is -3.25. The van der Waals surface area contributed by atoms with Crippen molar-refractivity contribution in [2.45, 2.75) is 12.7 Å². The molecule has 0 spiro atoms. The molecule has 0 fully saturated rings. The van der Waals surface area contributed by atoms with Crippen molar-refractivity contribution >= 4 is 40.9 Å². The van der Waals surface area contributed by atoms with Gasteiger partial charge >= 0.3 is 6.18 Å². The number of halogens is 4. The van der Waals surface area contributed by atoms with Gasteiger partial charge in [0.05, 0.1) is 16.7 Å². The lowest BCUT2D eigenvalue weighted by atomic mass is 10.1. The SMILES string of the molecule is NC=S.O=C(Cn1nnc(-c2ccc(C(F)(F)F)cc2)n1)NNc1ccc(Cl)cc1. The van der Waals surface area contributed by atoms with Gasteiger partial charge in [-0.3, -0.25) is 15.6 Å². The highest BCUT2D eigenvalue weighted by Crippen LogP contribution is 2.30. The molecule has 30 heavy (non-hydrogen) atoms. The van der Waals surface area contributed by atoms with E-state index in [1.807, 2.05) is 0 Å². The molecular formula is C17H15ClF3N7OS. The van der Waals surface area contributed by atoms with E-state index >= 15 is 0 Å². The van der Waals surface area contributed by atoms with Crippen LogP contribution in [-0.2, 0) is 17.5 Å². The van der Waals surface area contributed by atoms with E-state index in [1.165, 1.54) is 12.1 Å². The first kappa shape index (κ1) is 23.0. The van der Waals surface area contributed by atoms with Gasteiger partial charge in [-0.1, -0.05) is 36.0 Å². The van der Waals surface area contributed by atoms with E-state index < -0.39 is 17.6 Å². The topological polar surface area (TPSA) is 111 Å². The lowest BCUT2D eigenvalue weighted by Gasteiger charge is -2.07. The van der Waals surface area contributed by atoms with Gasteiger partial charge in [-0.15, -0.1) is 10.2 Å². The Morgan fingerprint density at radius 2 is 1.77 bits per heavy atom. The fraction of sp³-hybridized carbons (Fsp3) is 0.118. The molecule has 4 N–H and O–H groups in total. The minimum atomic E-state index is -4.42. The zero-order chi connectivity index (χ0) is 22.1. The largest absolute Gasteiger partial charge is 0.416 e. The van der Waals surface area contributed by atoms with Gasteiger partial charge in [-0.05, 0) is 41.6 Å². The molecule has 0 atom stereocenters. The van der Waals surface area contributed by atoms with Crippen LogP contribution in [0.4, 0.5) is 18.9 Å². The van der Waals surface area contributed by atoms with E-state index in [2.05, 4.69) is 44.2 Å². The number of nitrogens with one attached hydrogen (secondary N) is 2. The van der Waals surface area contributed by atoms with E-state index in [0.717, 1.165) is 22.4 Å². The van der Waals surface area contributed by atoms with Crippen LogP contribution in [0.2, 0.25) is 5.02 Å². The second kappa shape index (κ2) is 10.5. The number of hydrazine groups is 1. The number of alkyl halides is 3. The van der Waals surface area contributed by atoms with Gasteiger partial charge in [0.1, 0.15) is 6.54 Å². The Balaban J connectivity index is 0.00000101. The van der Waals surface area contributed by atoms with Crippen LogP contribution in [0.5, 0.6) is 0 Å². The molecule has 0 aliphatic rings. The summed E-state index contributed by atoms with van der Waals surface area (Å²) in [6.45, 7) is -0.228. The number of tetrazole rings is 1. The molecule has 1 aromatic heterocycles. The summed E-state index contributed by atoms with van der Waals surface area (Å²) in [6, 6.07) is 11.0. The van der Waals surface area contributed by atoms with Crippen molar-refractivity contribution in [2.75, 3.05) is 5.43 Å². The summed E-state index contributed by atoms with van der Waals surface area (Å²) < 4.78 is 37.7. The number of nitrogens with zero attached hydrogens (tertiary/aromatic N) is 4. The molecule has 2 aromatic carbocycles. The van der Waals surface area contributed by atoms with Crippen LogP contribution in [0.15, 0.2) is 48.5 Å². The molecule has 0 radical (unpaired) electrons. The number of rotatable bonds is 5. The van der Waals surface area contributed by atoms with Crippen LogP contribution < -0.4 is 16.6 Å². The number of hydrogen-bond acceptors (Lipinski definition) is 6. The van der Waals surface area contributed by atoms with Crippen molar-refractivity contribution in [3.63, 3.8) is 0 Å². The van der Waals surface area contributed by atoms with Crippen molar-refractivity contribution in [2.24, 2.45) is 5.73 Å². The predicted octanol–water partition coefficient (Wildman–Crippen LogP) is 3.06. The molecule has 8 nitrogen and oxygen atoms in total. The summed E-state index contributed by atoms with van der Waals surface area (Å²) in [7, 11) is 0. The van der Waals surface area contributed by atoms with Gasteiger partial charge in [0, 0.05) is 10.6 Å². The number of carbonyl (C=O) groups is 1. The Kier molecular flexibility index (Phi) is 8.07. The van der Waals surface area contributed by atoms with E-state index in [1.54, 1.807) is 24.3 Å². The zero-order valence-corrected chi connectivity index (χ0v) is 16.7. The van der Waals surface area contributed by atoms with Gasteiger partial charge in [0.15, 0.2) is 0 Å². The third-order valence-electron chi connectivity index (χ3n) is 3.40. The van der Waals surface area contributed by atoms with Crippen LogP contribution in [-0.4, -0.2) is 31.6 Å². The lowest BCUT2D eigenvalue weighted by molar-refractivity contribution is -0.137. The maximum Gasteiger partial charge on any atom is 0.416 e. The zero-order valence-electron chi connectivity index (χ0n) is 15.1. The molecule has 3 rings (SSSR count). The number of nitrogens with two attached hydrogens (primary N) is 1. The van der Waals surface area contributed by atoms with Gasteiger partial charge in [-0.25, -0.2) is 0 Å². The maximum absolute atomic E-state index is 12.6. The quantitative estimate of drug-likeness (QED) is 0.399. The normalized spacial score (nSPS) is 10.5. The van der Waals surface area contributed by atoms with Gasteiger partial charge in [0.25, 0.3) is 5.91 Å². The summed E-state index contributed by atoms with van der Waals surface area (Å²) in [6.07, 6.45) is -4.42. The van der Waals surface area contributed by atoms with Gasteiger partial charge in [0.2, 0.25) is 5.82 Å². The Bertz CT molecular complexity index is 978. The third-order valence-corrected chi connectivity index (χ3v) is 3.65. The van der Waals surface area contributed by atoms with Crippen LogP contribution in [0.25, 0.3) is 11.4 Å². The van der Waals surface area contributed by atoms with Crippen LogP contribution in [0.3, 0.4) is 0 Å². The summed E-state index contributed by atoms with van der Waals surface area (Å²) >= 11 is 9.81. The molecule has 1 amide bonds. The summed E-state index contributed by atoms with van der Waals surface area (Å²) in [5.74, 6) is -0.330. The molecule has 0 aliphatic carbocycles. The minimum absolute atomic E-state index is 0.113. The summed E-state index contributed by atoms with van der Waals surface area (Å²) in [5, 5.41) is 12.0. The van der Waals surface area contributed by atoms with E-state index in [9.17, 15) is 18.0 Å². The number of hydrogen-bond donors (Lipinski definition) is 3. The second-order valence-corrected chi connectivity index (χ2v) is 6.24. The molecule has 0 saturated heterocycles. The number of anilines is 1. The Morgan fingerprint density at radius 3 is 2.33 bits per heavy atom. The lowest BCUT2D eigenvalue weighted by Crippen LogP contribution is -2.33. The van der Waals surface area contributed by atoms with Crippen molar-refractivity contribution in [1.82, 2.24) is 25.6 Å². The number of amides is 1. The summed E-state index contributed by atoms with van der Waals surface area (Å²) in [5.41, 5.74) is 11.0. The van der Waals surface area contributed by atoms with Crippen molar-refractivity contribution in [3.05, 3.63) is 59.1 Å². The monoisotopic (exact) mass is 457 g/mol. The first-order chi connectivity index (χ1) is 14.2. The van der Waals surface area contributed by atoms with E-state index in [4.69, 9.17) is 11.6 Å². The average molecular weight is 458 g/mol. The molecule has 3 aromatic rings. The van der Waals surface area contributed by atoms with Crippen LogP contribution >= 0.6 is 23.8 Å². The maximum atomic E-state index is 12.6. The first-order valence-corrected chi connectivity index (χ1v) is 8.99. The van der Waals surface area contributed by atoms with Gasteiger partial charge < -0.3 is 5.73 Å². The number of aromatic nitrogens is 4. The number of benzene rings is 2. The minimum Gasteiger partial charge on any atom is -0.396 e. The Morgan fingerprint density at radius 1 is 1.17 bits per heavy atom. The van der Waals surface area contributed by atoms with E-state index in [-0.39, 0.29) is 12.4 Å². The van der Waals surface area contributed by atoms with Crippen LogP contribution in [0.1, 0.15) is 5.56 Å². The Labute approximate surface area is 179 Å². The molecule has 0 aliphatic heterocycles. The highest BCUT2D eigenvalue weighted by molar-refractivity contribution is 7.78. The molecule has 13 heteroatoms. The molecule has 0 unspecified atom stereocenters. The van der Waals surface area contributed by atoms with Crippen molar-refractivity contribution in [3.8, 4) is 11.4 Å². The third kappa shape index (κ3) is 6.97.